The molecule has 30 heavy (non-hydrogen) atoms. The maximum atomic E-state index is 12.5. The van der Waals surface area contributed by atoms with Crippen LogP contribution in [-0.2, 0) is 16.6 Å². The molecule has 0 aliphatic rings. The summed E-state index contributed by atoms with van der Waals surface area (Å²) < 4.78 is 6.74. The highest BCUT2D eigenvalue weighted by Gasteiger charge is 2.22. The fraction of sp³-hybridized carbons (Fsp3) is 0.400. The molecule has 3 aromatic heterocycles. The van der Waals surface area contributed by atoms with Crippen LogP contribution in [0.1, 0.15) is 45.4 Å². The van der Waals surface area contributed by atoms with Gasteiger partial charge in [-0.1, -0.05) is 25.6 Å². The molecule has 7 nitrogen and oxygen atoms in total. The van der Waals surface area contributed by atoms with E-state index in [1.165, 1.54) is 35.1 Å². The van der Waals surface area contributed by atoms with Gasteiger partial charge in [0.1, 0.15) is 5.00 Å². The molecule has 0 fully saturated rings. The summed E-state index contributed by atoms with van der Waals surface area (Å²) in [5.74, 6) is 0.735. The standard InChI is InChI=1S/C20H24N4O3S3/c1-10(2)14-7-13(8-28-14)17-22-23-20(24(17)5)29-9-15(25)21-18-16(19(26)27-6)11(3)12(4)30-18/h7-8,10H,9H2,1-6H3,(H,21,25). The summed E-state index contributed by atoms with van der Waals surface area (Å²) in [6, 6.07) is 2.14. The Morgan fingerprint density at radius 1 is 1.30 bits per heavy atom. The number of aryl methyl sites for hydroxylation is 1. The van der Waals surface area contributed by atoms with Gasteiger partial charge in [-0.3, -0.25) is 4.79 Å². The minimum absolute atomic E-state index is 0.156. The van der Waals surface area contributed by atoms with Gasteiger partial charge in [0.15, 0.2) is 11.0 Å². The smallest absolute Gasteiger partial charge is 0.341 e. The van der Waals surface area contributed by atoms with Crippen molar-refractivity contribution >= 4 is 51.3 Å². The number of rotatable bonds is 7. The Morgan fingerprint density at radius 2 is 2.03 bits per heavy atom. The minimum atomic E-state index is -0.450. The zero-order chi connectivity index (χ0) is 22.0. The summed E-state index contributed by atoms with van der Waals surface area (Å²) in [5.41, 5.74) is 2.27. The molecule has 0 bridgehead atoms. The Balaban J connectivity index is 1.68. The summed E-state index contributed by atoms with van der Waals surface area (Å²) >= 11 is 4.38. The van der Waals surface area contributed by atoms with Crippen LogP contribution in [0.15, 0.2) is 16.6 Å². The number of hydrogen-bond donors (Lipinski definition) is 1. The number of thioether (sulfide) groups is 1. The molecule has 0 saturated carbocycles. The van der Waals surface area contributed by atoms with Gasteiger partial charge in [0.05, 0.1) is 18.4 Å². The number of carbonyl (C=O) groups excluding carboxylic acids is 2. The number of amides is 1. The summed E-state index contributed by atoms with van der Waals surface area (Å²) in [7, 11) is 3.23. The van der Waals surface area contributed by atoms with Crippen molar-refractivity contribution in [1.29, 1.82) is 0 Å². The number of carbonyl (C=O) groups is 2. The summed E-state index contributed by atoms with van der Waals surface area (Å²) in [5, 5.41) is 14.6. The van der Waals surface area contributed by atoms with Crippen LogP contribution in [0.4, 0.5) is 5.00 Å². The lowest BCUT2D eigenvalue weighted by molar-refractivity contribution is -0.113. The average Bonchev–Trinajstić information content (AvgIpc) is 3.38. The number of nitrogens with one attached hydrogen (secondary N) is 1. The van der Waals surface area contributed by atoms with Gasteiger partial charge in [0.2, 0.25) is 5.91 Å². The van der Waals surface area contributed by atoms with Crippen LogP contribution in [0.3, 0.4) is 0 Å². The van der Waals surface area contributed by atoms with E-state index in [0.29, 0.717) is 21.6 Å². The monoisotopic (exact) mass is 464 g/mol. The Morgan fingerprint density at radius 3 is 2.67 bits per heavy atom. The van der Waals surface area contributed by atoms with Crippen LogP contribution >= 0.6 is 34.4 Å². The number of ether oxygens (including phenoxy) is 1. The molecule has 3 aromatic rings. The number of hydrogen-bond acceptors (Lipinski definition) is 8. The molecule has 160 valence electrons. The minimum Gasteiger partial charge on any atom is -0.465 e. The Hall–Kier alpha value is -2.17. The Labute approximate surface area is 187 Å². The normalized spacial score (nSPS) is 11.2. The van der Waals surface area contributed by atoms with Crippen LogP contribution < -0.4 is 5.32 Å². The van der Waals surface area contributed by atoms with E-state index in [1.54, 1.807) is 11.3 Å². The molecule has 0 saturated heterocycles. The molecule has 0 spiro atoms. The van der Waals surface area contributed by atoms with Gasteiger partial charge in [-0.15, -0.1) is 32.9 Å². The van der Waals surface area contributed by atoms with Crippen LogP contribution in [0.5, 0.6) is 0 Å². The quantitative estimate of drug-likeness (QED) is 0.397. The van der Waals surface area contributed by atoms with Crippen LogP contribution in [-0.4, -0.2) is 39.5 Å². The number of nitrogens with zero attached hydrogens (tertiary/aromatic N) is 3. The molecular weight excluding hydrogens is 440 g/mol. The van der Waals surface area contributed by atoms with Crippen LogP contribution in [0.2, 0.25) is 0 Å². The summed E-state index contributed by atoms with van der Waals surface area (Å²) in [6.07, 6.45) is 0. The van der Waals surface area contributed by atoms with Crippen molar-refractivity contribution in [2.24, 2.45) is 7.05 Å². The lowest BCUT2D eigenvalue weighted by Gasteiger charge is -2.06. The first kappa shape index (κ1) is 22.5. The third-order valence-corrected chi connectivity index (χ3v) is 8.02. The van der Waals surface area contributed by atoms with E-state index >= 15 is 0 Å². The van der Waals surface area contributed by atoms with Gasteiger partial charge in [-0.05, 0) is 31.4 Å². The highest BCUT2D eigenvalue weighted by Crippen LogP contribution is 2.33. The van der Waals surface area contributed by atoms with Crippen molar-refractivity contribution < 1.29 is 14.3 Å². The first-order chi connectivity index (χ1) is 14.2. The zero-order valence-corrected chi connectivity index (χ0v) is 20.2. The van der Waals surface area contributed by atoms with Crippen LogP contribution in [0, 0.1) is 13.8 Å². The predicted octanol–water partition coefficient (Wildman–Crippen LogP) is 4.86. The first-order valence-electron chi connectivity index (χ1n) is 9.32. The van der Waals surface area contributed by atoms with Crippen LogP contribution in [0.25, 0.3) is 11.4 Å². The number of esters is 1. The summed E-state index contributed by atoms with van der Waals surface area (Å²) in [4.78, 5) is 26.8. The van der Waals surface area contributed by atoms with E-state index in [4.69, 9.17) is 4.74 Å². The predicted molar refractivity (Wildman–Crippen MR) is 123 cm³/mol. The van der Waals surface area contributed by atoms with Crippen molar-refractivity contribution in [3.63, 3.8) is 0 Å². The van der Waals surface area contributed by atoms with E-state index in [0.717, 1.165) is 21.8 Å². The molecular formula is C20H24N4O3S3. The first-order valence-corrected chi connectivity index (χ1v) is 12.0. The Bertz CT molecular complexity index is 1080. The SMILES string of the molecule is COC(=O)c1c(NC(=O)CSc2nnc(-c3csc(C(C)C)c3)n2C)sc(C)c1C. The number of anilines is 1. The van der Waals surface area contributed by atoms with Crippen molar-refractivity contribution in [3.8, 4) is 11.4 Å². The molecule has 0 aliphatic carbocycles. The second-order valence-corrected chi connectivity index (χ2v) is 10.2. The highest BCUT2D eigenvalue weighted by molar-refractivity contribution is 7.99. The van der Waals surface area contributed by atoms with Gasteiger partial charge in [-0.25, -0.2) is 4.79 Å². The molecule has 3 heterocycles. The van der Waals surface area contributed by atoms with Gasteiger partial charge in [0, 0.05) is 27.7 Å². The van der Waals surface area contributed by atoms with E-state index < -0.39 is 5.97 Å². The van der Waals surface area contributed by atoms with Gasteiger partial charge < -0.3 is 14.6 Å². The van der Waals surface area contributed by atoms with E-state index in [2.05, 4.69) is 40.8 Å². The zero-order valence-electron chi connectivity index (χ0n) is 17.7. The molecule has 0 atom stereocenters. The maximum Gasteiger partial charge on any atom is 0.341 e. The van der Waals surface area contributed by atoms with E-state index in [9.17, 15) is 9.59 Å². The molecule has 0 aliphatic heterocycles. The fourth-order valence-corrected chi connectivity index (χ4v) is 5.50. The molecule has 1 N–H and O–H groups in total. The van der Waals surface area contributed by atoms with E-state index in [-0.39, 0.29) is 11.7 Å². The molecule has 3 rings (SSSR count). The number of methoxy groups -OCH3 is 1. The Kier molecular flexibility index (Phi) is 6.99. The van der Waals surface area contributed by atoms with Gasteiger partial charge in [0.25, 0.3) is 0 Å². The van der Waals surface area contributed by atoms with Crippen molar-refractivity contribution in [2.45, 2.75) is 38.8 Å². The molecule has 10 heteroatoms. The van der Waals surface area contributed by atoms with Crippen molar-refractivity contribution in [3.05, 3.63) is 32.3 Å². The van der Waals surface area contributed by atoms with Gasteiger partial charge >= 0.3 is 5.97 Å². The fourth-order valence-electron chi connectivity index (χ4n) is 2.82. The second kappa shape index (κ2) is 9.32. The molecule has 0 unspecified atom stereocenters. The van der Waals surface area contributed by atoms with Crippen molar-refractivity contribution in [1.82, 2.24) is 14.8 Å². The second-order valence-electron chi connectivity index (χ2n) is 7.07. The highest BCUT2D eigenvalue weighted by atomic mass is 32.2. The van der Waals surface area contributed by atoms with E-state index in [1.807, 2.05) is 25.5 Å². The molecule has 0 aromatic carbocycles. The maximum absolute atomic E-state index is 12.5. The molecule has 1 amide bonds. The topological polar surface area (TPSA) is 86.1 Å². The third-order valence-electron chi connectivity index (χ3n) is 4.64. The largest absolute Gasteiger partial charge is 0.465 e. The van der Waals surface area contributed by atoms with Crippen molar-refractivity contribution in [2.75, 3.05) is 18.2 Å². The lowest BCUT2D eigenvalue weighted by atomic mass is 10.1. The number of thiophene rings is 2. The lowest BCUT2D eigenvalue weighted by Crippen LogP contribution is -2.16. The average molecular weight is 465 g/mol. The summed E-state index contributed by atoms with van der Waals surface area (Å²) in [6.45, 7) is 8.08. The molecule has 0 radical (unpaired) electrons. The third kappa shape index (κ3) is 4.60. The number of aromatic nitrogens is 3. The van der Waals surface area contributed by atoms with Gasteiger partial charge in [-0.2, -0.15) is 0 Å².